The molecule has 2 atom stereocenters. The maximum Gasteiger partial charge on any atom is 0.249 e. The molecule has 6 heteroatoms. The summed E-state index contributed by atoms with van der Waals surface area (Å²) in [6.45, 7) is 6.54. The number of aliphatic hydroxyl groups excluding tert-OH is 1. The second-order valence-corrected chi connectivity index (χ2v) is 7.53. The first kappa shape index (κ1) is 16.7. The van der Waals surface area contributed by atoms with E-state index in [0.717, 1.165) is 51.7 Å². The molecule has 130 valence electrons. The highest BCUT2D eigenvalue weighted by Gasteiger charge is 2.40. The fourth-order valence-electron chi connectivity index (χ4n) is 3.81. The van der Waals surface area contributed by atoms with Crippen LogP contribution in [0.4, 0.5) is 0 Å². The number of piperidine rings is 1. The molecular formula is C17H29N3O3. The molecule has 0 radical (unpaired) electrons. The summed E-state index contributed by atoms with van der Waals surface area (Å²) in [6, 6.07) is 0.545. The van der Waals surface area contributed by atoms with Crippen molar-refractivity contribution in [1.29, 1.82) is 0 Å². The second-order valence-electron chi connectivity index (χ2n) is 7.53. The number of likely N-dealkylation sites (tertiary alicyclic amines) is 2. The molecule has 3 fully saturated rings. The third-order valence-electron chi connectivity index (χ3n) is 5.49. The van der Waals surface area contributed by atoms with Crippen molar-refractivity contribution in [2.45, 2.75) is 70.2 Å². The Kier molecular flexibility index (Phi) is 4.92. The van der Waals surface area contributed by atoms with Crippen molar-refractivity contribution in [3.05, 3.63) is 0 Å². The molecule has 0 aromatic carbocycles. The van der Waals surface area contributed by atoms with E-state index in [1.54, 1.807) is 0 Å². The number of carbonyl (C=O) groups is 2. The van der Waals surface area contributed by atoms with Gasteiger partial charge in [-0.1, -0.05) is 0 Å². The van der Waals surface area contributed by atoms with E-state index in [1.165, 1.54) is 0 Å². The van der Waals surface area contributed by atoms with Gasteiger partial charge in [-0.3, -0.25) is 14.5 Å². The molecule has 2 heterocycles. The van der Waals surface area contributed by atoms with Gasteiger partial charge in [0.2, 0.25) is 11.8 Å². The van der Waals surface area contributed by atoms with E-state index < -0.39 is 6.10 Å². The van der Waals surface area contributed by atoms with Gasteiger partial charge in [0, 0.05) is 18.6 Å². The summed E-state index contributed by atoms with van der Waals surface area (Å²) in [5.41, 5.74) is 0. The van der Waals surface area contributed by atoms with Crippen LogP contribution < -0.4 is 5.32 Å². The molecule has 6 nitrogen and oxygen atoms in total. The van der Waals surface area contributed by atoms with Gasteiger partial charge in [0.05, 0.1) is 6.04 Å². The molecule has 3 rings (SSSR count). The summed E-state index contributed by atoms with van der Waals surface area (Å²) < 4.78 is 0. The average Bonchev–Trinajstić information content (AvgIpc) is 3.26. The van der Waals surface area contributed by atoms with Gasteiger partial charge >= 0.3 is 0 Å². The van der Waals surface area contributed by atoms with E-state index in [9.17, 15) is 14.7 Å². The van der Waals surface area contributed by atoms with Crippen LogP contribution in [0.3, 0.4) is 0 Å². The zero-order valence-corrected chi connectivity index (χ0v) is 14.2. The highest BCUT2D eigenvalue weighted by Crippen LogP contribution is 2.27. The normalized spacial score (nSPS) is 28.4. The minimum atomic E-state index is -0.899. The van der Waals surface area contributed by atoms with Crippen LogP contribution in [-0.2, 0) is 9.59 Å². The monoisotopic (exact) mass is 323 g/mol. The summed E-state index contributed by atoms with van der Waals surface area (Å²) in [4.78, 5) is 28.6. The zero-order chi connectivity index (χ0) is 16.6. The van der Waals surface area contributed by atoms with Gasteiger partial charge in [0.25, 0.3) is 0 Å². The van der Waals surface area contributed by atoms with Gasteiger partial charge in [-0.05, 0) is 65.0 Å². The maximum atomic E-state index is 12.5. The predicted octanol–water partition coefficient (Wildman–Crippen LogP) is 0.347. The van der Waals surface area contributed by atoms with Crippen molar-refractivity contribution in [3.63, 3.8) is 0 Å². The van der Waals surface area contributed by atoms with Crippen molar-refractivity contribution in [3.8, 4) is 0 Å². The molecule has 0 spiro atoms. The van der Waals surface area contributed by atoms with Crippen LogP contribution in [0.1, 0.15) is 46.0 Å². The fourth-order valence-corrected chi connectivity index (χ4v) is 3.81. The summed E-state index contributed by atoms with van der Waals surface area (Å²) in [6.07, 6.45) is 3.63. The van der Waals surface area contributed by atoms with Crippen LogP contribution in [0.25, 0.3) is 0 Å². The predicted molar refractivity (Wildman–Crippen MR) is 86.7 cm³/mol. The highest BCUT2D eigenvalue weighted by atomic mass is 16.3. The van der Waals surface area contributed by atoms with E-state index in [2.05, 4.69) is 24.1 Å². The van der Waals surface area contributed by atoms with Crippen LogP contribution in [-0.4, -0.2) is 70.6 Å². The molecule has 1 aliphatic carbocycles. The molecule has 2 saturated heterocycles. The average molecular weight is 323 g/mol. The summed E-state index contributed by atoms with van der Waals surface area (Å²) in [7, 11) is 0. The maximum absolute atomic E-state index is 12.5. The van der Waals surface area contributed by atoms with Crippen LogP contribution in [0, 0.1) is 5.92 Å². The number of rotatable bonds is 5. The Balaban J connectivity index is 1.48. The van der Waals surface area contributed by atoms with Crippen LogP contribution in [0.15, 0.2) is 0 Å². The Bertz CT molecular complexity index is 456. The van der Waals surface area contributed by atoms with E-state index >= 15 is 0 Å². The molecule has 2 N–H and O–H groups in total. The standard InChI is InChI=1S/C17H29N3O3/c1-11(2)20-10-7-14(17(20)23)19-8-5-12(6-9-19)15(21)16(22)18-13-3-4-13/h11-15,21H,3-10H2,1-2H3,(H,18,22)/t14-,15+/m0/s1. The Morgan fingerprint density at radius 2 is 1.78 bits per heavy atom. The Labute approximate surface area is 138 Å². The molecule has 0 aromatic heterocycles. The van der Waals surface area contributed by atoms with Gasteiger partial charge in [-0.25, -0.2) is 0 Å². The molecule has 3 aliphatic rings. The fraction of sp³-hybridized carbons (Fsp3) is 0.882. The summed E-state index contributed by atoms with van der Waals surface area (Å²) in [5.74, 6) is 0.0436. The minimum absolute atomic E-state index is 0.00390. The Hall–Kier alpha value is -1.14. The van der Waals surface area contributed by atoms with E-state index in [1.807, 2.05) is 4.90 Å². The summed E-state index contributed by atoms with van der Waals surface area (Å²) in [5, 5.41) is 13.1. The topological polar surface area (TPSA) is 72.9 Å². The number of aliphatic hydroxyl groups is 1. The van der Waals surface area contributed by atoms with E-state index in [4.69, 9.17) is 0 Å². The van der Waals surface area contributed by atoms with Gasteiger partial charge < -0.3 is 15.3 Å². The molecule has 2 aliphatic heterocycles. The van der Waals surface area contributed by atoms with Crippen LogP contribution >= 0.6 is 0 Å². The quantitative estimate of drug-likeness (QED) is 0.766. The molecule has 2 amide bonds. The number of nitrogens with zero attached hydrogens (tertiary/aromatic N) is 2. The van der Waals surface area contributed by atoms with Crippen molar-refractivity contribution in [2.24, 2.45) is 5.92 Å². The Morgan fingerprint density at radius 3 is 2.30 bits per heavy atom. The van der Waals surface area contributed by atoms with Crippen LogP contribution in [0.2, 0.25) is 0 Å². The van der Waals surface area contributed by atoms with E-state index in [0.29, 0.717) is 0 Å². The molecule has 0 bridgehead atoms. The molecule has 1 saturated carbocycles. The molecule has 0 aromatic rings. The third kappa shape index (κ3) is 3.69. The van der Waals surface area contributed by atoms with Gasteiger partial charge in [-0.2, -0.15) is 0 Å². The molecule has 23 heavy (non-hydrogen) atoms. The third-order valence-corrected chi connectivity index (χ3v) is 5.49. The lowest BCUT2D eigenvalue weighted by atomic mass is 9.90. The first-order valence-corrected chi connectivity index (χ1v) is 9.00. The van der Waals surface area contributed by atoms with Crippen molar-refractivity contribution >= 4 is 11.8 Å². The second kappa shape index (κ2) is 6.77. The number of hydrogen-bond donors (Lipinski definition) is 2. The lowest BCUT2D eigenvalue weighted by Crippen LogP contribution is -2.50. The first-order chi connectivity index (χ1) is 11.0. The smallest absolute Gasteiger partial charge is 0.249 e. The first-order valence-electron chi connectivity index (χ1n) is 9.00. The molecular weight excluding hydrogens is 294 g/mol. The summed E-state index contributed by atoms with van der Waals surface area (Å²) >= 11 is 0. The van der Waals surface area contributed by atoms with Gasteiger partial charge in [0.1, 0.15) is 6.10 Å². The highest BCUT2D eigenvalue weighted by molar-refractivity contribution is 5.84. The van der Waals surface area contributed by atoms with Crippen LogP contribution in [0.5, 0.6) is 0 Å². The number of nitrogens with one attached hydrogen (secondary N) is 1. The number of carbonyl (C=O) groups excluding carboxylic acids is 2. The number of amides is 2. The van der Waals surface area contributed by atoms with Crippen molar-refractivity contribution in [1.82, 2.24) is 15.1 Å². The minimum Gasteiger partial charge on any atom is -0.383 e. The van der Waals surface area contributed by atoms with Crippen molar-refractivity contribution in [2.75, 3.05) is 19.6 Å². The number of hydrogen-bond acceptors (Lipinski definition) is 4. The lowest BCUT2D eigenvalue weighted by Gasteiger charge is -2.36. The molecule has 0 unspecified atom stereocenters. The zero-order valence-electron chi connectivity index (χ0n) is 14.2. The van der Waals surface area contributed by atoms with Gasteiger partial charge in [-0.15, -0.1) is 0 Å². The van der Waals surface area contributed by atoms with Gasteiger partial charge in [0.15, 0.2) is 0 Å². The Morgan fingerprint density at radius 1 is 1.13 bits per heavy atom. The SMILES string of the molecule is CC(C)N1CC[C@H](N2CCC([C@@H](O)C(=O)NC3CC3)CC2)C1=O. The van der Waals surface area contributed by atoms with Crippen molar-refractivity contribution < 1.29 is 14.7 Å². The lowest BCUT2D eigenvalue weighted by molar-refractivity contribution is -0.136. The largest absolute Gasteiger partial charge is 0.383 e. The van der Waals surface area contributed by atoms with E-state index in [-0.39, 0.29) is 35.9 Å².